The van der Waals surface area contributed by atoms with E-state index in [0.717, 1.165) is 0 Å². The van der Waals surface area contributed by atoms with Gasteiger partial charge in [0.1, 0.15) is 0 Å². The van der Waals surface area contributed by atoms with Crippen molar-refractivity contribution in [3.63, 3.8) is 0 Å². The van der Waals surface area contributed by atoms with Gasteiger partial charge < -0.3 is 0 Å². The van der Waals surface area contributed by atoms with Crippen LogP contribution in [0.4, 0.5) is 0 Å². The van der Waals surface area contributed by atoms with Crippen molar-refractivity contribution < 1.29 is 0 Å². The second-order valence-electron chi connectivity index (χ2n) is 1.65. The fraction of sp³-hybridized carbons (Fsp3) is 0.200. The van der Waals surface area contributed by atoms with Gasteiger partial charge in [-0.1, -0.05) is 29.3 Å². The Labute approximate surface area is 47.5 Å². The van der Waals surface area contributed by atoms with Gasteiger partial charge in [-0.25, -0.2) is 0 Å². The largest absolute Gasteiger partial charge is 0.0848 e. The molecule has 7 heavy (non-hydrogen) atoms. The van der Waals surface area contributed by atoms with Crippen molar-refractivity contribution >= 4 is 17.5 Å². The highest BCUT2D eigenvalue weighted by Gasteiger charge is 1.73. The average Bonchev–Trinajstić information content (AvgIpc) is 1.69. The molecule has 1 rings (SSSR count). The zero-order valence-corrected chi connectivity index (χ0v) is 6.54. The Kier molecular flexibility index (Phi) is 1.65. The first-order valence-corrected chi connectivity index (χ1v) is 5.90. The van der Waals surface area contributed by atoms with Crippen LogP contribution in [-0.2, 0) is 6.55 Å². The molecule has 0 nitrogen and oxygen atoms in total. The standard InChI is InChI=1S/C5H8Si2/c1-7-4-2-6-3-5-7/h2-6H,1H3. The molecule has 0 unspecified atom stereocenters. The molecule has 2 heteroatoms. The minimum atomic E-state index is -0.133. The highest BCUT2D eigenvalue weighted by atomic mass is 28.2. The predicted molar refractivity (Wildman–Crippen MR) is 36.1 cm³/mol. The third kappa shape index (κ3) is 1.45. The van der Waals surface area contributed by atoms with Crippen molar-refractivity contribution in [3.8, 4) is 0 Å². The summed E-state index contributed by atoms with van der Waals surface area (Å²) in [5, 5.41) is 0. The lowest BCUT2D eigenvalue weighted by molar-refractivity contribution is 1.94. The molecule has 0 spiro atoms. The summed E-state index contributed by atoms with van der Waals surface area (Å²) in [6.45, 7) is 2.30. The molecule has 36 valence electrons. The molecule has 0 fully saturated rings. The van der Waals surface area contributed by atoms with Gasteiger partial charge in [0.15, 0.2) is 0 Å². The molecule has 0 bridgehead atoms. The van der Waals surface area contributed by atoms with Crippen LogP contribution in [0, 0.1) is 0 Å². The molecule has 0 radical (unpaired) electrons. The van der Waals surface area contributed by atoms with E-state index in [1.54, 1.807) is 0 Å². The van der Waals surface area contributed by atoms with E-state index in [2.05, 4.69) is 29.3 Å². The molecule has 0 aliphatic heterocycles. The van der Waals surface area contributed by atoms with E-state index >= 15 is 0 Å². The van der Waals surface area contributed by atoms with Gasteiger partial charge in [0.05, 0.1) is 0 Å². The maximum atomic E-state index is 2.36. The molecule has 0 amide bonds. The number of hydrogen-bond acceptors (Lipinski definition) is 0. The minimum Gasteiger partial charge on any atom is -0.0848 e. The topological polar surface area (TPSA) is 0 Å². The second-order valence-corrected chi connectivity index (χ2v) is 4.96. The smallest absolute Gasteiger partial charge is 0.0328 e. The van der Waals surface area contributed by atoms with Gasteiger partial charge in [-0.3, -0.25) is 0 Å². The molecule has 1 aromatic heterocycles. The van der Waals surface area contributed by atoms with E-state index in [1.807, 2.05) is 0 Å². The molecule has 1 heterocycles. The summed E-state index contributed by atoms with van der Waals surface area (Å²) in [4.78, 5) is 0. The third-order valence-electron chi connectivity index (χ3n) is 0.940. The van der Waals surface area contributed by atoms with E-state index in [1.165, 1.54) is 0 Å². The van der Waals surface area contributed by atoms with Gasteiger partial charge in [0.25, 0.3) is 0 Å². The maximum absolute atomic E-state index is 2.36. The Morgan fingerprint density at radius 2 is 1.86 bits per heavy atom. The van der Waals surface area contributed by atoms with E-state index < -0.39 is 0 Å². The zero-order chi connectivity index (χ0) is 5.11. The first kappa shape index (κ1) is 5.06. The third-order valence-corrected chi connectivity index (χ3v) is 3.98. The summed E-state index contributed by atoms with van der Waals surface area (Å²) in [5.74, 6) is 0. The van der Waals surface area contributed by atoms with Crippen molar-refractivity contribution in [2.75, 3.05) is 0 Å². The Morgan fingerprint density at radius 3 is 2.14 bits per heavy atom. The first-order valence-electron chi connectivity index (χ1n) is 2.41. The van der Waals surface area contributed by atoms with Crippen LogP contribution < -0.4 is 0 Å². The number of hydrogen-bond donors (Lipinski definition) is 0. The molecule has 0 saturated carbocycles. The summed E-state index contributed by atoms with van der Waals surface area (Å²) in [7, 11) is 0.413. The van der Waals surface area contributed by atoms with Crippen LogP contribution in [0.2, 0.25) is 0 Å². The fourth-order valence-corrected chi connectivity index (χ4v) is 4.09. The molecule has 0 aliphatic rings. The van der Waals surface area contributed by atoms with E-state index in [4.69, 9.17) is 0 Å². The van der Waals surface area contributed by atoms with Crippen molar-refractivity contribution in [1.29, 1.82) is 0 Å². The average molecular weight is 124 g/mol. The van der Waals surface area contributed by atoms with Crippen molar-refractivity contribution in [1.82, 2.24) is 0 Å². The molecule has 0 N–H and O–H groups in total. The number of aryl methyl sites for hydroxylation is 1. The number of rotatable bonds is 0. The summed E-state index contributed by atoms with van der Waals surface area (Å²) in [5.41, 5.74) is 9.38. The van der Waals surface area contributed by atoms with Crippen LogP contribution >= 0.6 is 0 Å². The monoisotopic (exact) mass is 124 g/mol. The highest BCUT2D eigenvalue weighted by molar-refractivity contribution is 6.50. The zero-order valence-electron chi connectivity index (χ0n) is 4.39. The van der Waals surface area contributed by atoms with Crippen molar-refractivity contribution in [2.24, 2.45) is 6.55 Å². The summed E-state index contributed by atoms with van der Waals surface area (Å²) in [6, 6.07) is 0. The van der Waals surface area contributed by atoms with E-state index in [-0.39, 0.29) is 8.40 Å². The van der Waals surface area contributed by atoms with E-state index in [9.17, 15) is 0 Å². The Hall–Kier alpha value is -0.0862. The molecular formula is C5H8Si2. The molecular weight excluding hydrogens is 116 g/mol. The van der Waals surface area contributed by atoms with Gasteiger partial charge in [-0.15, -0.1) is 0 Å². The minimum absolute atomic E-state index is 0.133. The normalized spacial score (nSPS) is 8.71. The Bertz CT molecular complexity index is 136. The van der Waals surface area contributed by atoms with Gasteiger partial charge in [-0.2, -0.15) is 0 Å². The lowest BCUT2D eigenvalue weighted by atomic mass is 11.1. The molecule has 0 aromatic carbocycles. The van der Waals surface area contributed by atoms with Gasteiger partial charge in [0, 0.05) is 17.5 Å². The van der Waals surface area contributed by atoms with Gasteiger partial charge in [-0.05, 0) is 0 Å². The SMILES string of the molecule is C[si]1cc[siH]cc1. The molecule has 1 aromatic rings. The van der Waals surface area contributed by atoms with Crippen LogP contribution in [0.15, 0.2) is 22.7 Å². The molecule has 0 aliphatic carbocycles. The molecule has 0 atom stereocenters. The van der Waals surface area contributed by atoms with Crippen LogP contribution in [0.25, 0.3) is 0 Å². The Morgan fingerprint density at radius 1 is 1.29 bits per heavy atom. The highest BCUT2D eigenvalue weighted by Crippen LogP contribution is 1.73. The fourth-order valence-electron chi connectivity index (χ4n) is 0.534. The van der Waals surface area contributed by atoms with Gasteiger partial charge in [0.2, 0.25) is 0 Å². The summed E-state index contributed by atoms with van der Waals surface area (Å²) < 4.78 is 0. The van der Waals surface area contributed by atoms with E-state index in [0.29, 0.717) is 9.12 Å². The van der Waals surface area contributed by atoms with Crippen molar-refractivity contribution in [3.05, 3.63) is 22.7 Å². The van der Waals surface area contributed by atoms with Crippen LogP contribution in [0.1, 0.15) is 0 Å². The lowest BCUT2D eigenvalue weighted by Crippen LogP contribution is -1.88. The quantitative estimate of drug-likeness (QED) is 0.437. The van der Waals surface area contributed by atoms with Gasteiger partial charge >= 0.3 is 0 Å². The predicted octanol–water partition coefficient (Wildman–Crippen LogP) is 0.320. The summed E-state index contributed by atoms with van der Waals surface area (Å²) >= 11 is 0. The van der Waals surface area contributed by atoms with Crippen molar-refractivity contribution in [2.45, 2.75) is 0 Å². The van der Waals surface area contributed by atoms with Crippen LogP contribution in [0.5, 0.6) is 0 Å². The van der Waals surface area contributed by atoms with Crippen LogP contribution in [-0.4, -0.2) is 17.5 Å². The molecule has 0 saturated heterocycles. The summed E-state index contributed by atoms with van der Waals surface area (Å²) in [6.07, 6.45) is 0. The lowest BCUT2D eigenvalue weighted by Gasteiger charge is -1.81. The first-order chi connectivity index (χ1) is 3.39. The van der Waals surface area contributed by atoms with Crippen LogP contribution in [0.3, 0.4) is 0 Å². The second kappa shape index (κ2) is 2.28. The maximum Gasteiger partial charge on any atom is 0.0328 e. The Balaban J connectivity index is 3.02.